The largest absolute Gasteiger partial charge is 0.472 e. The number of phosphoric ester groups is 1. The van der Waals surface area contributed by atoms with Crippen LogP contribution in [0.5, 0.6) is 0 Å². The Kier molecular flexibility index (Phi) is 47.7. The van der Waals surface area contributed by atoms with Crippen LogP contribution in [0.25, 0.3) is 0 Å². The number of nitrogens with two attached hydrogens (primary N) is 1. The molecule has 354 valence electrons. The first-order valence-corrected chi connectivity index (χ1v) is 27.0. The monoisotopic (exact) mass is 868 g/mol. The zero-order valence-corrected chi connectivity index (χ0v) is 40.3. The van der Waals surface area contributed by atoms with Crippen LogP contribution in [0.3, 0.4) is 0 Å². The molecule has 0 radical (unpaired) electrons. The van der Waals surface area contributed by atoms with Gasteiger partial charge in [-0.2, -0.15) is 0 Å². The smallest absolute Gasteiger partial charge is 0.457 e. The summed E-state index contributed by atoms with van der Waals surface area (Å²) in [6.45, 7) is 4.83. The van der Waals surface area contributed by atoms with E-state index in [-0.39, 0.29) is 32.3 Å². The lowest BCUT2D eigenvalue weighted by Crippen LogP contribution is -2.28. The van der Waals surface area contributed by atoms with Gasteiger partial charge in [0.25, 0.3) is 0 Å². The molecule has 0 bridgehead atoms. The van der Waals surface area contributed by atoms with Gasteiger partial charge in [-0.3, -0.25) is 13.8 Å². The number of phosphoric acid groups is 1. The number of rotatable bonds is 49. The third-order valence-electron chi connectivity index (χ3n) is 11.1. The van der Waals surface area contributed by atoms with Crippen LogP contribution in [-0.4, -0.2) is 49.9 Å². The van der Waals surface area contributed by atoms with Gasteiger partial charge in [-0.25, -0.2) is 4.57 Å². The molecule has 0 saturated carbocycles. The van der Waals surface area contributed by atoms with Crippen molar-refractivity contribution in [1.29, 1.82) is 0 Å². The molecule has 0 heterocycles. The summed E-state index contributed by atoms with van der Waals surface area (Å²) in [5, 5.41) is 0. The lowest BCUT2D eigenvalue weighted by atomic mass is 10.0. The number of hydrogen-bond donors (Lipinski definition) is 2. The van der Waals surface area contributed by atoms with Crippen LogP contribution in [0.4, 0.5) is 0 Å². The number of esters is 1. The van der Waals surface area contributed by atoms with Gasteiger partial charge in [-0.05, 0) is 44.9 Å². The quantitative estimate of drug-likeness (QED) is 0.0269. The third-order valence-corrected chi connectivity index (χ3v) is 12.1. The lowest BCUT2D eigenvalue weighted by Gasteiger charge is -2.20. The first-order chi connectivity index (χ1) is 29.4. The van der Waals surface area contributed by atoms with Crippen molar-refractivity contribution in [2.75, 3.05) is 33.0 Å². The fraction of sp³-hybridized carbons (Fsp3) is 0.863. The second kappa shape index (κ2) is 48.7. The first-order valence-electron chi connectivity index (χ1n) is 25.5. The van der Waals surface area contributed by atoms with E-state index < -0.39 is 13.9 Å². The average Bonchev–Trinajstić information content (AvgIpc) is 3.24. The Morgan fingerprint density at radius 3 is 1.40 bits per heavy atom. The van der Waals surface area contributed by atoms with Crippen molar-refractivity contribution >= 4 is 13.8 Å². The predicted octanol–water partition coefficient (Wildman–Crippen LogP) is 15.8. The Morgan fingerprint density at radius 2 is 0.933 bits per heavy atom. The van der Waals surface area contributed by atoms with Crippen LogP contribution in [-0.2, 0) is 27.9 Å². The van der Waals surface area contributed by atoms with Crippen molar-refractivity contribution in [1.82, 2.24) is 0 Å². The van der Waals surface area contributed by atoms with Gasteiger partial charge in [0.2, 0.25) is 0 Å². The number of ether oxygens (including phenoxy) is 2. The van der Waals surface area contributed by atoms with Crippen molar-refractivity contribution in [3.8, 4) is 0 Å². The van der Waals surface area contributed by atoms with E-state index in [0.717, 1.165) is 70.6 Å². The van der Waals surface area contributed by atoms with Gasteiger partial charge in [0, 0.05) is 19.6 Å². The van der Waals surface area contributed by atoms with Crippen molar-refractivity contribution in [2.45, 2.75) is 251 Å². The molecule has 9 heteroatoms. The first kappa shape index (κ1) is 58.7. The molecule has 2 unspecified atom stereocenters. The molecule has 2 atom stereocenters. The third kappa shape index (κ3) is 47.8. The molecule has 0 spiro atoms. The number of carbonyl (C=O) groups excluding carboxylic acids is 1. The molecular formula is C51H98NO7P. The molecule has 8 nitrogen and oxygen atoms in total. The van der Waals surface area contributed by atoms with E-state index in [4.69, 9.17) is 24.3 Å². The summed E-state index contributed by atoms with van der Waals surface area (Å²) in [4.78, 5) is 22.5. The number of carbonyl (C=O) groups is 1. The van der Waals surface area contributed by atoms with Gasteiger partial charge in [0.1, 0.15) is 6.10 Å². The number of unbranched alkanes of at least 4 members (excludes halogenated alkanes) is 30. The summed E-state index contributed by atoms with van der Waals surface area (Å²) in [5.41, 5.74) is 5.38. The Labute approximate surface area is 371 Å². The van der Waals surface area contributed by atoms with Crippen LogP contribution < -0.4 is 5.73 Å². The van der Waals surface area contributed by atoms with E-state index in [2.05, 4.69) is 50.3 Å². The summed E-state index contributed by atoms with van der Waals surface area (Å²) in [6.07, 6.45) is 57.7. The Bertz CT molecular complexity index is 1020. The molecule has 3 N–H and O–H groups in total. The van der Waals surface area contributed by atoms with E-state index in [9.17, 15) is 14.3 Å². The van der Waals surface area contributed by atoms with Crippen molar-refractivity contribution < 1.29 is 32.8 Å². The molecule has 0 aliphatic carbocycles. The minimum absolute atomic E-state index is 0.0980. The lowest BCUT2D eigenvalue weighted by molar-refractivity contribution is -0.154. The standard InChI is InChI=1S/C51H98NO7P/c1-3-5-7-9-11-13-15-17-19-20-21-22-23-24-25-26-27-28-29-31-33-35-37-39-41-43-46-56-48-50(49-58-60(54,55)57-47-45-52)59-51(53)44-42-40-38-36-34-32-30-18-16-14-12-10-8-6-4-2/h6,8,12,14,18,30,50H,3-5,7,9-11,13,15-17,19-29,31-49,52H2,1-2H3,(H,54,55)/b8-6-,14-12-,30-18-. The molecule has 0 aromatic rings. The Hall–Kier alpha value is -1.28. The highest BCUT2D eigenvalue weighted by Gasteiger charge is 2.25. The van der Waals surface area contributed by atoms with Crippen LogP contribution >= 0.6 is 7.82 Å². The van der Waals surface area contributed by atoms with Gasteiger partial charge >= 0.3 is 13.8 Å². The average molecular weight is 868 g/mol. The number of allylic oxidation sites excluding steroid dienone is 6. The molecule has 0 aromatic carbocycles. The second-order valence-corrected chi connectivity index (χ2v) is 18.5. The molecule has 0 rings (SSSR count). The Balaban J connectivity index is 3.86. The van der Waals surface area contributed by atoms with Crippen molar-refractivity contribution in [3.63, 3.8) is 0 Å². The molecule has 0 aliphatic heterocycles. The SMILES string of the molecule is CC/C=C\C/C=C\C/C=C\CCCCCCCC(=O)OC(COCCCCCCCCCCCCCCCCCCCCCCCCCCCC)COP(=O)(O)OCCN. The van der Waals surface area contributed by atoms with Gasteiger partial charge in [0.05, 0.1) is 19.8 Å². The predicted molar refractivity (Wildman–Crippen MR) is 256 cm³/mol. The van der Waals surface area contributed by atoms with Crippen LogP contribution in [0.1, 0.15) is 245 Å². The molecular weight excluding hydrogens is 770 g/mol. The molecule has 60 heavy (non-hydrogen) atoms. The van der Waals surface area contributed by atoms with E-state index in [0.29, 0.717) is 13.0 Å². The summed E-state index contributed by atoms with van der Waals surface area (Å²) >= 11 is 0. The van der Waals surface area contributed by atoms with E-state index in [1.165, 1.54) is 154 Å². The fourth-order valence-corrected chi connectivity index (χ4v) is 8.13. The highest BCUT2D eigenvalue weighted by molar-refractivity contribution is 7.47. The van der Waals surface area contributed by atoms with Crippen LogP contribution in [0, 0.1) is 0 Å². The summed E-state index contributed by atoms with van der Waals surface area (Å²) in [5.74, 6) is -0.343. The van der Waals surface area contributed by atoms with E-state index in [1.54, 1.807) is 0 Å². The normalized spacial score (nSPS) is 13.6. The van der Waals surface area contributed by atoms with E-state index >= 15 is 0 Å². The maximum Gasteiger partial charge on any atom is 0.472 e. The minimum Gasteiger partial charge on any atom is -0.457 e. The molecule has 0 aromatic heterocycles. The summed E-state index contributed by atoms with van der Waals surface area (Å²) in [6, 6.07) is 0. The zero-order chi connectivity index (χ0) is 43.7. The Morgan fingerprint density at radius 1 is 0.517 bits per heavy atom. The minimum atomic E-state index is -4.28. The molecule has 0 fully saturated rings. The van der Waals surface area contributed by atoms with Gasteiger partial charge in [-0.1, -0.05) is 230 Å². The van der Waals surface area contributed by atoms with Crippen LogP contribution in [0.15, 0.2) is 36.5 Å². The molecule has 0 aliphatic rings. The number of hydrogen-bond acceptors (Lipinski definition) is 7. The molecule has 0 amide bonds. The van der Waals surface area contributed by atoms with Crippen molar-refractivity contribution in [2.24, 2.45) is 5.73 Å². The summed E-state index contributed by atoms with van der Waals surface area (Å²) in [7, 11) is -4.28. The molecule has 0 saturated heterocycles. The van der Waals surface area contributed by atoms with E-state index in [1.807, 2.05) is 0 Å². The highest BCUT2D eigenvalue weighted by Crippen LogP contribution is 2.43. The second-order valence-electron chi connectivity index (χ2n) is 17.0. The maximum atomic E-state index is 12.6. The van der Waals surface area contributed by atoms with Crippen molar-refractivity contribution in [3.05, 3.63) is 36.5 Å². The zero-order valence-electron chi connectivity index (χ0n) is 39.5. The van der Waals surface area contributed by atoms with Gasteiger partial charge in [-0.15, -0.1) is 0 Å². The fourth-order valence-electron chi connectivity index (χ4n) is 7.37. The summed E-state index contributed by atoms with van der Waals surface area (Å²) < 4.78 is 33.5. The topological polar surface area (TPSA) is 117 Å². The highest BCUT2D eigenvalue weighted by atomic mass is 31.2. The van der Waals surface area contributed by atoms with Gasteiger partial charge in [0.15, 0.2) is 0 Å². The van der Waals surface area contributed by atoms with Crippen LogP contribution in [0.2, 0.25) is 0 Å². The maximum absolute atomic E-state index is 12.6. The van der Waals surface area contributed by atoms with Gasteiger partial charge < -0.3 is 20.1 Å².